The third-order valence-corrected chi connectivity index (χ3v) is 4.26. The van der Waals surface area contributed by atoms with Crippen molar-refractivity contribution in [2.24, 2.45) is 0 Å². The molecule has 0 unspecified atom stereocenters. The highest BCUT2D eigenvalue weighted by Crippen LogP contribution is 2.33. The molecule has 0 atom stereocenters. The van der Waals surface area contributed by atoms with E-state index in [0.29, 0.717) is 24.1 Å². The average Bonchev–Trinajstić information content (AvgIpc) is 2.36. The molecular formula is C14H16BrF3N2O. The second kappa shape index (κ2) is 5.61. The molecule has 1 heterocycles. The lowest BCUT2D eigenvalue weighted by molar-refractivity contribution is -0.137. The number of alkyl halides is 3. The van der Waals surface area contributed by atoms with E-state index >= 15 is 0 Å². The molecule has 0 saturated carbocycles. The predicted molar refractivity (Wildman–Crippen MR) is 77.1 cm³/mol. The zero-order valence-corrected chi connectivity index (χ0v) is 13.3. The molecule has 3 nitrogen and oxygen atoms in total. The smallest absolute Gasteiger partial charge is 0.331 e. The standard InChI is InChI=1S/C14H16BrF3N2O/c1-13(2)8-19-5-6-20(13)12(21)10-7-9(14(16,17)18)3-4-11(10)15/h3-4,7,19H,5-6,8H2,1-2H3. The van der Waals surface area contributed by atoms with Crippen molar-refractivity contribution >= 4 is 21.8 Å². The van der Waals surface area contributed by atoms with E-state index in [4.69, 9.17) is 0 Å². The van der Waals surface area contributed by atoms with Crippen LogP contribution in [0, 0.1) is 0 Å². The summed E-state index contributed by atoms with van der Waals surface area (Å²) < 4.78 is 38.8. The van der Waals surface area contributed by atoms with Gasteiger partial charge in [-0.2, -0.15) is 13.2 Å². The van der Waals surface area contributed by atoms with Gasteiger partial charge in [-0.05, 0) is 48.0 Å². The first-order valence-electron chi connectivity index (χ1n) is 6.52. The predicted octanol–water partition coefficient (Wildman–Crippen LogP) is 3.29. The van der Waals surface area contributed by atoms with E-state index in [1.165, 1.54) is 6.07 Å². The summed E-state index contributed by atoms with van der Waals surface area (Å²) in [4.78, 5) is 14.2. The van der Waals surface area contributed by atoms with Crippen LogP contribution in [0.1, 0.15) is 29.8 Å². The number of carbonyl (C=O) groups excluding carboxylic acids is 1. The van der Waals surface area contributed by atoms with Gasteiger partial charge < -0.3 is 10.2 Å². The van der Waals surface area contributed by atoms with Gasteiger partial charge >= 0.3 is 6.18 Å². The molecular weight excluding hydrogens is 349 g/mol. The summed E-state index contributed by atoms with van der Waals surface area (Å²) in [5, 5.41) is 3.18. The number of nitrogens with one attached hydrogen (secondary N) is 1. The molecule has 1 amide bonds. The molecule has 116 valence electrons. The number of amides is 1. The molecule has 0 radical (unpaired) electrons. The lowest BCUT2D eigenvalue weighted by Gasteiger charge is -2.43. The number of halogens is 4. The molecule has 1 aromatic carbocycles. The Balaban J connectivity index is 2.39. The van der Waals surface area contributed by atoms with Crippen molar-refractivity contribution < 1.29 is 18.0 Å². The first kappa shape index (κ1) is 16.3. The normalized spacial score (nSPS) is 18.7. The van der Waals surface area contributed by atoms with Crippen LogP contribution in [0.3, 0.4) is 0 Å². The second-order valence-electron chi connectivity index (χ2n) is 5.64. The molecule has 0 spiro atoms. The number of nitrogens with zero attached hydrogens (tertiary/aromatic N) is 1. The fraction of sp³-hybridized carbons (Fsp3) is 0.500. The summed E-state index contributed by atoms with van der Waals surface area (Å²) in [6.45, 7) is 5.48. The maximum absolute atomic E-state index is 12.8. The maximum atomic E-state index is 12.8. The molecule has 7 heteroatoms. The number of rotatable bonds is 1. The van der Waals surface area contributed by atoms with Crippen LogP contribution < -0.4 is 5.32 Å². The Labute approximate surface area is 129 Å². The van der Waals surface area contributed by atoms with E-state index in [0.717, 1.165) is 12.1 Å². The maximum Gasteiger partial charge on any atom is 0.416 e. The van der Waals surface area contributed by atoms with Crippen LogP contribution >= 0.6 is 15.9 Å². The van der Waals surface area contributed by atoms with Crippen molar-refractivity contribution in [2.75, 3.05) is 19.6 Å². The van der Waals surface area contributed by atoms with Crippen molar-refractivity contribution in [3.63, 3.8) is 0 Å². The molecule has 1 fully saturated rings. The Morgan fingerprint density at radius 2 is 2.05 bits per heavy atom. The van der Waals surface area contributed by atoms with E-state index in [2.05, 4.69) is 21.2 Å². The van der Waals surface area contributed by atoms with E-state index in [9.17, 15) is 18.0 Å². The fourth-order valence-corrected chi connectivity index (χ4v) is 2.79. The fourth-order valence-electron chi connectivity index (χ4n) is 2.37. The van der Waals surface area contributed by atoms with Gasteiger partial charge in [0.05, 0.1) is 16.7 Å². The molecule has 1 aliphatic rings. The van der Waals surface area contributed by atoms with Gasteiger partial charge in [-0.1, -0.05) is 0 Å². The van der Waals surface area contributed by atoms with Crippen molar-refractivity contribution in [3.8, 4) is 0 Å². The number of piperazine rings is 1. The minimum absolute atomic E-state index is 0.0415. The molecule has 0 bridgehead atoms. The van der Waals surface area contributed by atoms with Crippen LogP contribution in [0.25, 0.3) is 0 Å². The van der Waals surface area contributed by atoms with Gasteiger partial charge in [0.2, 0.25) is 0 Å². The second-order valence-corrected chi connectivity index (χ2v) is 6.49. The van der Waals surface area contributed by atoms with Gasteiger partial charge in [0.25, 0.3) is 5.91 Å². The molecule has 1 aliphatic heterocycles. The molecule has 21 heavy (non-hydrogen) atoms. The summed E-state index contributed by atoms with van der Waals surface area (Å²) in [5.41, 5.74) is -1.22. The summed E-state index contributed by atoms with van der Waals surface area (Å²) >= 11 is 3.17. The minimum Gasteiger partial charge on any atom is -0.331 e. The lowest BCUT2D eigenvalue weighted by atomic mass is 9.98. The largest absolute Gasteiger partial charge is 0.416 e. The van der Waals surface area contributed by atoms with Crippen molar-refractivity contribution in [3.05, 3.63) is 33.8 Å². The first-order chi connectivity index (χ1) is 9.63. The molecule has 1 aromatic rings. The quantitative estimate of drug-likeness (QED) is 0.829. The Morgan fingerprint density at radius 1 is 1.38 bits per heavy atom. The molecule has 0 aliphatic carbocycles. The first-order valence-corrected chi connectivity index (χ1v) is 7.32. The summed E-state index contributed by atoms with van der Waals surface area (Å²) in [6, 6.07) is 3.14. The number of hydrogen-bond acceptors (Lipinski definition) is 2. The van der Waals surface area contributed by atoms with Gasteiger partial charge in [0, 0.05) is 24.1 Å². The van der Waals surface area contributed by atoms with Gasteiger partial charge in [-0.15, -0.1) is 0 Å². The van der Waals surface area contributed by atoms with E-state index in [1.807, 2.05) is 13.8 Å². The van der Waals surface area contributed by atoms with Gasteiger partial charge in [-0.25, -0.2) is 0 Å². The summed E-state index contributed by atoms with van der Waals surface area (Å²) in [6.07, 6.45) is -4.46. The van der Waals surface area contributed by atoms with Crippen molar-refractivity contribution in [1.82, 2.24) is 10.2 Å². The monoisotopic (exact) mass is 364 g/mol. The molecule has 1 N–H and O–H groups in total. The third kappa shape index (κ3) is 3.40. The number of hydrogen-bond donors (Lipinski definition) is 1. The summed E-state index contributed by atoms with van der Waals surface area (Å²) in [5.74, 6) is -0.389. The van der Waals surface area contributed by atoms with Gasteiger partial charge in [0.15, 0.2) is 0 Å². The van der Waals surface area contributed by atoms with Gasteiger partial charge in [0.1, 0.15) is 0 Å². The van der Waals surface area contributed by atoms with E-state index in [1.54, 1.807) is 4.90 Å². The van der Waals surface area contributed by atoms with E-state index < -0.39 is 17.3 Å². The highest BCUT2D eigenvalue weighted by Gasteiger charge is 2.36. The topological polar surface area (TPSA) is 32.3 Å². The third-order valence-electron chi connectivity index (χ3n) is 3.57. The SMILES string of the molecule is CC1(C)CNCCN1C(=O)c1cc(C(F)(F)F)ccc1Br. The molecule has 2 rings (SSSR count). The average molecular weight is 365 g/mol. The highest BCUT2D eigenvalue weighted by atomic mass is 79.9. The van der Waals surface area contributed by atoms with Crippen LogP contribution in [0.15, 0.2) is 22.7 Å². The lowest BCUT2D eigenvalue weighted by Crippen LogP contribution is -2.59. The van der Waals surface area contributed by atoms with Crippen LogP contribution in [0.2, 0.25) is 0 Å². The van der Waals surface area contributed by atoms with Crippen molar-refractivity contribution in [2.45, 2.75) is 25.6 Å². The van der Waals surface area contributed by atoms with Crippen molar-refractivity contribution in [1.29, 1.82) is 0 Å². The van der Waals surface area contributed by atoms with Crippen LogP contribution in [0.4, 0.5) is 13.2 Å². The zero-order valence-electron chi connectivity index (χ0n) is 11.7. The summed E-state index contributed by atoms with van der Waals surface area (Å²) in [7, 11) is 0. The van der Waals surface area contributed by atoms with Crippen LogP contribution in [0.5, 0.6) is 0 Å². The van der Waals surface area contributed by atoms with E-state index in [-0.39, 0.29) is 11.5 Å². The van der Waals surface area contributed by atoms with Gasteiger partial charge in [-0.3, -0.25) is 4.79 Å². The highest BCUT2D eigenvalue weighted by molar-refractivity contribution is 9.10. The zero-order chi connectivity index (χ0) is 15.8. The Kier molecular flexibility index (Phi) is 4.35. The molecule has 1 saturated heterocycles. The number of benzene rings is 1. The Bertz CT molecular complexity index is 558. The van der Waals surface area contributed by atoms with Crippen LogP contribution in [-0.4, -0.2) is 36.0 Å². The Hall–Kier alpha value is -1.08. The Morgan fingerprint density at radius 3 is 2.62 bits per heavy atom. The number of carbonyl (C=O) groups is 1. The van der Waals surface area contributed by atoms with Crippen LogP contribution in [-0.2, 0) is 6.18 Å². The minimum atomic E-state index is -4.46. The molecule has 0 aromatic heterocycles.